The third kappa shape index (κ3) is 8.09. The van der Waals surface area contributed by atoms with Crippen LogP contribution < -0.4 is 10.6 Å². The Labute approximate surface area is 189 Å². The van der Waals surface area contributed by atoms with E-state index < -0.39 is 29.7 Å². The number of fused-ring (bicyclic) bond motifs is 2. The first-order valence-electron chi connectivity index (χ1n) is 11.3. The first-order valence-corrected chi connectivity index (χ1v) is 11.3. The molecule has 9 nitrogen and oxygen atoms in total. The number of carbonyl (C=O) groups excluding carboxylic acids is 4. The molecule has 0 aromatic carbocycles. The summed E-state index contributed by atoms with van der Waals surface area (Å²) in [6, 6.07) is 1.06. The summed E-state index contributed by atoms with van der Waals surface area (Å²) in [6.45, 7) is 10.0. The summed E-state index contributed by atoms with van der Waals surface area (Å²) in [5.41, 5.74) is 1.40. The average molecular weight is 449 g/mol. The number of H-pyrrole nitrogens is 1. The van der Waals surface area contributed by atoms with E-state index in [0.29, 0.717) is 12.2 Å². The van der Waals surface area contributed by atoms with E-state index in [2.05, 4.69) is 20.8 Å². The van der Waals surface area contributed by atoms with Gasteiger partial charge in [0.25, 0.3) is 5.91 Å². The molecule has 178 valence electrons. The molecule has 3 N–H and O–H groups in total. The highest BCUT2D eigenvalue weighted by molar-refractivity contribution is 6.37. The first kappa shape index (κ1) is 25.5. The minimum absolute atomic E-state index is 0.164. The van der Waals surface area contributed by atoms with Crippen LogP contribution in [-0.4, -0.2) is 53.0 Å². The molecule has 32 heavy (non-hydrogen) atoms. The predicted molar refractivity (Wildman–Crippen MR) is 119 cm³/mol. The van der Waals surface area contributed by atoms with Crippen molar-refractivity contribution in [3.05, 3.63) is 17.5 Å². The van der Waals surface area contributed by atoms with Gasteiger partial charge < -0.3 is 15.4 Å². The minimum Gasteiger partial charge on any atom is -0.449 e. The lowest BCUT2D eigenvalue weighted by molar-refractivity contribution is -0.141. The van der Waals surface area contributed by atoms with Crippen LogP contribution in [0, 0.1) is 17.3 Å². The summed E-state index contributed by atoms with van der Waals surface area (Å²) in [4.78, 5) is 50.5. The summed E-state index contributed by atoms with van der Waals surface area (Å²) < 4.78 is 5.23. The molecule has 2 heterocycles. The quantitative estimate of drug-likeness (QED) is 0.573. The van der Waals surface area contributed by atoms with E-state index in [-0.39, 0.29) is 36.6 Å². The molecule has 2 atom stereocenters. The number of aromatic nitrogens is 2. The summed E-state index contributed by atoms with van der Waals surface area (Å²) in [5, 5.41) is 12.5. The lowest BCUT2D eigenvalue weighted by Gasteiger charge is -2.24. The van der Waals surface area contributed by atoms with Gasteiger partial charge in [-0.3, -0.25) is 19.5 Å². The van der Waals surface area contributed by atoms with E-state index in [9.17, 15) is 19.2 Å². The number of Topliss-reactive ketones (excluding diaryl/α,β-unsaturated/α-hetero) is 2. The molecule has 2 bridgehead atoms. The molecule has 0 radical (unpaired) electrons. The Morgan fingerprint density at radius 2 is 1.97 bits per heavy atom. The maximum absolute atomic E-state index is 13.1. The monoisotopic (exact) mass is 448 g/mol. The number of aromatic amines is 1. The van der Waals surface area contributed by atoms with Gasteiger partial charge >= 0.3 is 6.09 Å². The Morgan fingerprint density at radius 1 is 1.25 bits per heavy atom. The molecule has 0 saturated heterocycles. The summed E-state index contributed by atoms with van der Waals surface area (Å²) in [7, 11) is 0. The van der Waals surface area contributed by atoms with Crippen LogP contribution in [0.25, 0.3) is 0 Å². The van der Waals surface area contributed by atoms with Crippen LogP contribution in [0.1, 0.15) is 65.3 Å². The van der Waals surface area contributed by atoms with Crippen LogP contribution in [-0.2, 0) is 32.0 Å². The number of hydrogen-bond donors (Lipinski definition) is 3. The number of nitrogens with zero attached hydrogens (tertiary/aromatic N) is 1. The van der Waals surface area contributed by atoms with Crippen molar-refractivity contribution in [2.45, 2.75) is 72.8 Å². The second kappa shape index (κ2) is 11.2. The maximum atomic E-state index is 13.1. The smallest absolute Gasteiger partial charge is 0.407 e. The van der Waals surface area contributed by atoms with Crippen LogP contribution in [0.4, 0.5) is 4.79 Å². The number of rotatable bonds is 6. The zero-order chi connectivity index (χ0) is 23.9. The van der Waals surface area contributed by atoms with Gasteiger partial charge in [-0.25, -0.2) is 4.79 Å². The number of ether oxygens (including phenoxy) is 1. The fraction of sp³-hybridized carbons (Fsp3) is 0.696. The Balaban J connectivity index is 2.13. The van der Waals surface area contributed by atoms with E-state index in [1.807, 2.05) is 40.7 Å². The molecular formula is C23H36N4O5. The van der Waals surface area contributed by atoms with Gasteiger partial charge in [-0.1, -0.05) is 34.6 Å². The zero-order valence-corrected chi connectivity index (χ0v) is 19.7. The molecule has 9 heteroatoms. The van der Waals surface area contributed by atoms with Gasteiger partial charge in [-0.2, -0.15) is 5.10 Å². The summed E-state index contributed by atoms with van der Waals surface area (Å²) in [6.07, 6.45) is 1.73. The average Bonchev–Trinajstić information content (AvgIpc) is 3.14. The molecule has 2 unspecified atom stereocenters. The number of ketones is 2. The second-order valence-corrected chi connectivity index (χ2v) is 10.0. The molecule has 1 aliphatic heterocycles. The highest BCUT2D eigenvalue weighted by Gasteiger charge is 2.33. The molecule has 0 fully saturated rings. The largest absolute Gasteiger partial charge is 0.449 e. The minimum atomic E-state index is -0.844. The molecule has 0 aliphatic carbocycles. The van der Waals surface area contributed by atoms with Gasteiger partial charge in [0.05, 0.1) is 18.3 Å². The van der Waals surface area contributed by atoms with Crippen molar-refractivity contribution < 1.29 is 23.9 Å². The van der Waals surface area contributed by atoms with Crippen LogP contribution in [0.2, 0.25) is 0 Å². The van der Waals surface area contributed by atoms with Crippen LogP contribution >= 0.6 is 0 Å². The Hall–Kier alpha value is -2.71. The number of amides is 2. The van der Waals surface area contributed by atoms with Crippen molar-refractivity contribution in [3.63, 3.8) is 0 Å². The lowest BCUT2D eigenvalue weighted by Crippen LogP contribution is -2.47. The second-order valence-electron chi connectivity index (χ2n) is 10.0. The fourth-order valence-electron chi connectivity index (χ4n) is 3.51. The van der Waals surface area contributed by atoms with Gasteiger partial charge in [-0.05, 0) is 43.1 Å². The van der Waals surface area contributed by atoms with E-state index in [1.165, 1.54) is 0 Å². The van der Waals surface area contributed by atoms with E-state index in [4.69, 9.17) is 4.74 Å². The van der Waals surface area contributed by atoms with Crippen molar-refractivity contribution in [1.29, 1.82) is 0 Å². The number of nitrogens with one attached hydrogen (secondary N) is 3. The molecular weight excluding hydrogens is 412 g/mol. The number of alkyl carbamates (subject to hydrolysis) is 1. The lowest BCUT2D eigenvalue weighted by atomic mass is 9.87. The van der Waals surface area contributed by atoms with E-state index in [0.717, 1.165) is 25.0 Å². The number of aryl methyl sites for hydroxylation is 1. The molecule has 1 aromatic heterocycles. The molecule has 1 aromatic rings. The zero-order valence-electron chi connectivity index (χ0n) is 19.7. The SMILES string of the molecule is CC(C)C(NC(=O)OCC(C)(C)C)C(=O)CC1Cc2cc(n[nH]2)CCCCNC(=O)C1=O. The van der Waals surface area contributed by atoms with Crippen molar-refractivity contribution in [2.24, 2.45) is 17.3 Å². The van der Waals surface area contributed by atoms with Gasteiger partial charge in [-0.15, -0.1) is 0 Å². The summed E-state index contributed by atoms with van der Waals surface area (Å²) in [5.74, 6) is -2.68. The summed E-state index contributed by atoms with van der Waals surface area (Å²) >= 11 is 0. The van der Waals surface area contributed by atoms with E-state index >= 15 is 0 Å². The molecule has 1 aliphatic rings. The van der Waals surface area contributed by atoms with Crippen molar-refractivity contribution in [2.75, 3.05) is 13.2 Å². The number of carbonyl (C=O) groups is 4. The Morgan fingerprint density at radius 3 is 2.62 bits per heavy atom. The van der Waals surface area contributed by atoms with Crippen LogP contribution in [0.15, 0.2) is 6.07 Å². The number of hydrogen-bond acceptors (Lipinski definition) is 6. The van der Waals surface area contributed by atoms with E-state index in [1.54, 1.807) is 0 Å². The van der Waals surface area contributed by atoms with Gasteiger partial charge in [0.15, 0.2) is 5.78 Å². The fourth-order valence-corrected chi connectivity index (χ4v) is 3.51. The highest BCUT2D eigenvalue weighted by Crippen LogP contribution is 2.19. The van der Waals surface area contributed by atoms with Gasteiger partial charge in [0, 0.05) is 24.6 Å². The predicted octanol–water partition coefficient (Wildman–Crippen LogP) is 2.35. The van der Waals surface area contributed by atoms with Crippen LogP contribution in [0.3, 0.4) is 0 Å². The molecule has 0 spiro atoms. The molecule has 2 rings (SSSR count). The Kier molecular flexibility index (Phi) is 8.98. The first-order chi connectivity index (χ1) is 15.0. The standard InChI is InChI=1S/C23H36N4O5/c1-14(2)19(25-22(31)32-13-23(3,4)5)18(28)11-15-10-17-12-16(26-27-17)8-6-7-9-24-21(30)20(15)29/h12,14-15,19H,6-11,13H2,1-5H3,(H,24,30)(H,25,31)(H,26,27). The third-order valence-corrected chi connectivity index (χ3v) is 5.26. The van der Waals surface area contributed by atoms with Crippen molar-refractivity contribution in [3.8, 4) is 0 Å². The maximum Gasteiger partial charge on any atom is 0.407 e. The molecule has 0 saturated carbocycles. The third-order valence-electron chi connectivity index (χ3n) is 5.26. The van der Waals surface area contributed by atoms with Crippen LogP contribution in [0.5, 0.6) is 0 Å². The topological polar surface area (TPSA) is 130 Å². The van der Waals surface area contributed by atoms with Crippen molar-refractivity contribution in [1.82, 2.24) is 20.8 Å². The normalized spacial score (nSPS) is 18.9. The van der Waals surface area contributed by atoms with Gasteiger partial charge in [0.2, 0.25) is 5.78 Å². The van der Waals surface area contributed by atoms with Crippen molar-refractivity contribution >= 4 is 23.6 Å². The highest BCUT2D eigenvalue weighted by atomic mass is 16.5. The van der Waals surface area contributed by atoms with Gasteiger partial charge in [0.1, 0.15) is 0 Å². The Bertz CT molecular complexity index is 825. The molecule has 2 amide bonds.